The van der Waals surface area contributed by atoms with Gasteiger partial charge in [-0.05, 0) is 29.8 Å². The minimum absolute atomic E-state index is 0.232. The summed E-state index contributed by atoms with van der Waals surface area (Å²) in [6.07, 6.45) is 3.19. The average molecular weight is 376 g/mol. The molecule has 0 aliphatic carbocycles. The predicted octanol–water partition coefficient (Wildman–Crippen LogP) is 3.76. The molecule has 1 atom stereocenters. The van der Waals surface area contributed by atoms with E-state index >= 15 is 0 Å². The first-order valence-corrected chi connectivity index (χ1v) is 9.23. The van der Waals surface area contributed by atoms with Crippen molar-refractivity contribution in [3.63, 3.8) is 0 Å². The van der Waals surface area contributed by atoms with Gasteiger partial charge in [-0.3, -0.25) is 4.79 Å². The molecule has 4 rings (SSSR count). The molecule has 0 radical (unpaired) electrons. The predicted molar refractivity (Wildman–Crippen MR) is 104 cm³/mol. The number of benzene rings is 1. The topological polar surface area (TPSA) is 76.5 Å². The molecular formula is C20H16N4O2S. The van der Waals surface area contributed by atoms with Crippen LogP contribution in [0.2, 0.25) is 0 Å². The summed E-state index contributed by atoms with van der Waals surface area (Å²) in [5, 5.41) is 8.52. The number of pyridine rings is 2. The zero-order valence-corrected chi connectivity index (χ0v) is 15.1. The summed E-state index contributed by atoms with van der Waals surface area (Å²) in [6.45, 7) is 0. The molecule has 1 unspecified atom stereocenters. The van der Waals surface area contributed by atoms with Crippen molar-refractivity contribution in [2.24, 2.45) is 5.16 Å². The van der Waals surface area contributed by atoms with Gasteiger partial charge < -0.3 is 10.2 Å². The molecule has 134 valence electrons. The average Bonchev–Trinajstić information content (AvgIpc) is 3.20. The molecule has 7 heteroatoms. The van der Waals surface area contributed by atoms with E-state index in [0.717, 1.165) is 21.3 Å². The zero-order chi connectivity index (χ0) is 18.5. The van der Waals surface area contributed by atoms with Gasteiger partial charge in [0, 0.05) is 24.5 Å². The monoisotopic (exact) mass is 376 g/mol. The Morgan fingerprint density at radius 3 is 2.63 bits per heavy atom. The fourth-order valence-corrected chi connectivity index (χ4v) is 3.37. The number of anilines is 1. The number of nitrogens with zero attached hydrogens (tertiary/aromatic N) is 3. The second kappa shape index (κ2) is 8.01. The van der Waals surface area contributed by atoms with E-state index in [0.29, 0.717) is 12.1 Å². The van der Waals surface area contributed by atoms with E-state index in [1.807, 2.05) is 54.6 Å². The standard InChI is InChI=1S/C20H16N4O2S/c25-20(17-13-16(24-26-17)14-6-2-1-3-7-14)23-15-9-11-22-19(12-15)27-18-8-4-5-10-21-18/h1-12,17H,13H2,(H,22,23,25). The van der Waals surface area contributed by atoms with E-state index in [-0.39, 0.29) is 5.91 Å². The van der Waals surface area contributed by atoms with Crippen LogP contribution < -0.4 is 5.32 Å². The van der Waals surface area contributed by atoms with Crippen LogP contribution in [0.3, 0.4) is 0 Å². The van der Waals surface area contributed by atoms with Crippen molar-refractivity contribution in [1.29, 1.82) is 0 Å². The van der Waals surface area contributed by atoms with Crippen LogP contribution >= 0.6 is 11.8 Å². The molecule has 2 aromatic heterocycles. The molecule has 0 saturated heterocycles. The van der Waals surface area contributed by atoms with Gasteiger partial charge in [0.2, 0.25) is 6.10 Å². The van der Waals surface area contributed by atoms with Crippen molar-refractivity contribution in [3.05, 3.63) is 78.6 Å². The van der Waals surface area contributed by atoms with Gasteiger partial charge in [0.1, 0.15) is 10.1 Å². The Morgan fingerprint density at radius 2 is 1.81 bits per heavy atom. The van der Waals surface area contributed by atoms with Gasteiger partial charge in [-0.25, -0.2) is 9.97 Å². The molecule has 6 nitrogen and oxygen atoms in total. The van der Waals surface area contributed by atoms with Crippen LogP contribution in [-0.4, -0.2) is 27.7 Å². The first-order valence-electron chi connectivity index (χ1n) is 8.42. The van der Waals surface area contributed by atoms with E-state index in [2.05, 4.69) is 20.4 Å². The van der Waals surface area contributed by atoms with Crippen molar-refractivity contribution in [2.75, 3.05) is 5.32 Å². The van der Waals surface area contributed by atoms with Gasteiger partial charge >= 0.3 is 0 Å². The van der Waals surface area contributed by atoms with Crippen LogP contribution in [0, 0.1) is 0 Å². The third-order valence-electron chi connectivity index (χ3n) is 3.92. The highest BCUT2D eigenvalue weighted by atomic mass is 32.2. The molecule has 3 heterocycles. The van der Waals surface area contributed by atoms with E-state index in [1.165, 1.54) is 11.8 Å². The number of oxime groups is 1. The molecule has 1 aliphatic heterocycles. The second-order valence-electron chi connectivity index (χ2n) is 5.84. The van der Waals surface area contributed by atoms with Crippen LogP contribution in [0.1, 0.15) is 12.0 Å². The summed E-state index contributed by atoms with van der Waals surface area (Å²) in [6, 6.07) is 19.0. The quantitative estimate of drug-likeness (QED) is 0.734. The van der Waals surface area contributed by atoms with Crippen molar-refractivity contribution < 1.29 is 9.63 Å². The zero-order valence-electron chi connectivity index (χ0n) is 14.3. The summed E-state index contributed by atoms with van der Waals surface area (Å²) in [4.78, 5) is 26.4. The van der Waals surface area contributed by atoms with Gasteiger partial charge in [0.25, 0.3) is 5.91 Å². The molecule has 27 heavy (non-hydrogen) atoms. The molecule has 1 amide bonds. The fourth-order valence-electron chi connectivity index (χ4n) is 2.60. The molecule has 1 aliphatic rings. The highest BCUT2D eigenvalue weighted by Crippen LogP contribution is 2.26. The Labute approximate surface area is 160 Å². The summed E-state index contributed by atoms with van der Waals surface area (Å²) >= 11 is 1.43. The number of hydrogen-bond acceptors (Lipinski definition) is 6. The highest BCUT2D eigenvalue weighted by molar-refractivity contribution is 7.99. The molecule has 1 N–H and O–H groups in total. The van der Waals surface area contributed by atoms with Crippen molar-refractivity contribution in [3.8, 4) is 0 Å². The number of hydrogen-bond donors (Lipinski definition) is 1. The lowest BCUT2D eigenvalue weighted by Crippen LogP contribution is -2.28. The number of rotatable bonds is 5. The number of carbonyl (C=O) groups excluding carboxylic acids is 1. The van der Waals surface area contributed by atoms with E-state index in [9.17, 15) is 4.79 Å². The molecule has 0 fully saturated rings. The summed E-state index contributed by atoms with van der Waals surface area (Å²) < 4.78 is 0. The molecule has 0 spiro atoms. The molecule has 1 aromatic carbocycles. The Bertz CT molecular complexity index is 964. The lowest BCUT2D eigenvalue weighted by Gasteiger charge is -2.10. The fraction of sp³-hybridized carbons (Fsp3) is 0.100. The third kappa shape index (κ3) is 4.32. The first kappa shape index (κ1) is 17.2. The Hall–Kier alpha value is -3.19. The largest absolute Gasteiger partial charge is 0.382 e. The number of carbonyl (C=O) groups is 1. The minimum Gasteiger partial charge on any atom is -0.382 e. The maximum Gasteiger partial charge on any atom is 0.268 e. The third-order valence-corrected chi connectivity index (χ3v) is 4.80. The van der Waals surface area contributed by atoms with Crippen molar-refractivity contribution >= 4 is 29.1 Å². The number of aromatic nitrogens is 2. The lowest BCUT2D eigenvalue weighted by atomic mass is 10.0. The maximum atomic E-state index is 12.5. The van der Waals surface area contributed by atoms with Crippen LogP contribution in [0.4, 0.5) is 5.69 Å². The van der Waals surface area contributed by atoms with Gasteiger partial charge in [-0.2, -0.15) is 0 Å². The second-order valence-corrected chi connectivity index (χ2v) is 6.88. The molecular weight excluding hydrogens is 360 g/mol. The summed E-state index contributed by atoms with van der Waals surface area (Å²) in [5.41, 5.74) is 2.40. The summed E-state index contributed by atoms with van der Waals surface area (Å²) in [5.74, 6) is -0.232. The SMILES string of the molecule is O=C(Nc1ccnc(Sc2ccccn2)c1)C1CC(c2ccccc2)=NO1. The van der Waals surface area contributed by atoms with Crippen LogP contribution in [-0.2, 0) is 9.63 Å². The summed E-state index contributed by atoms with van der Waals surface area (Å²) in [7, 11) is 0. The molecule has 0 bridgehead atoms. The molecule has 3 aromatic rings. The highest BCUT2D eigenvalue weighted by Gasteiger charge is 2.28. The van der Waals surface area contributed by atoms with Crippen molar-refractivity contribution in [2.45, 2.75) is 22.6 Å². The lowest BCUT2D eigenvalue weighted by molar-refractivity contribution is -0.125. The maximum absolute atomic E-state index is 12.5. The normalized spacial score (nSPS) is 15.7. The Balaban J connectivity index is 1.38. The van der Waals surface area contributed by atoms with Gasteiger partial charge in [0.15, 0.2) is 0 Å². The smallest absolute Gasteiger partial charge is 0.268 e. The van der Waals surface area contributed by atoms with Crippen LogP contribution in [0.15, 0.2) is 88.3 Å². The van der Waals surface area contributed by atoms with Crippen LogP contribution in [0.5, 0.6) is 0 Å². The molecule has 0 saturated carbocycles. The minimum atomic E-state index is -0.639. The van der Waals surface area contributed by atoms with Gasteiger partial charge in [0.05, 0.1) is 5.71 Å². The number of amides is 1. The van der Waals surface area contributed by atoms with Crippen molar-refractivity contribution in [1.82, 2.24) is 9.97 Å². The van der Waals surface area contributed by atoms with Gasteiger partial charge in [-0.1, -0.05) is 53.3 Å². The van der Waals surface area contributed by atoms with Gasteiger partial charge in [-0.15, -0.1) is 0 Å². The number of nitrogens with one attached hydrogen (secondary N) is 1. The Morgan fingerprint density at radius 1 is 1.00 bits per heavy atom. The van der Waals surface area contributed by atoms with E-state index in [1.54, 1.807) is 18.5 Å². The first-order chi connectivity index (χ1) is 13.3. The Kier molecular flexibility index (Phi) is 5.11. The van der Waals surface area contributed by atoms with Crippen LogP contribution in [0.25, 0.3) is 0 Å². The van der Waals surface area contributed by atoms with E-state index in [4.69, 9.17) is 4.84 Å². The van der Waals surface area contributed by atoms with E-state index < -0.39 is 6.10 Å².